The third kappa shape index (κ3) is 5.15. The van der Waals surface area contributed by atoms with Gasteiger partial charge in [-0.15, -0.1) is 0 Å². The molecular weight excluding hydrogens is 368 g/mol. The first-order valence-electron chi connectivity index (χ1n) is 9.87. The van der Waals surface area contributed by atoms with Gasteiger partial charge in [-0.2, -0.15) is 0 Å². The smallest absolute Gasteiger partial charge is 0.253 e. The standard InChI is InChI=1S/C23H28N2O4/c1-28-17-14-23(24-21(26)18-6-4-3-5-7-18)12-15-25(16-13-23)22(27)19-8-10-20(29-2)11-9-19/h3-11H,12-17H2,1-2H3,(H,24,26). The molecule has 0 atom stereocenters. The van der Waals surface area contributed by atoms with E-state index in [2.05, 4.69) is 5.32 Å². The van der Waals surface area contributed by atoms with Crippen LogP contribution in [0, 0.1) is 0 Å². The monoisotopic (exact) mass is 396 g/mol. The SMILES string of the molecule is COCCC1(NC(=O)c2ccccc2)CCN(C(=O)c2ccc(OC)cc2)CC1. The first-order valence-corrected chi connectivity index (χ1v) is 9.87. The van der Waals surface area contributed by atoms with Crippen molar-refractivity contribution >= 4 is 11.8 Å². The summed E-state index contributed by atoms with van der Waals surface area (Å²) < 4.78 is 10.4. The number of amides is 2. The van der Waals surface area contributed by atoms with E-state index >= 15 is 0 Å². The Morgan fingerprint density at radius 2 is 1.62 bits per heavy atom. The number of benzene rings is 2. The van der Waals surface area contributed by atoms with Crippen molar-refractivity contribution in [2.24, 2.45) is 0 Å². The van der Waals surface area contributed by atoms with Crippen LogP contribution in [0.15, 0.2) is 54.6 Å². The Morgan fingerprint density at radius 1 is 0.966 bits per heavy atom. The van der Waals surface area contributed by atoms with Gasteiger partial charge in [-0.05, 0) is 55.7 Å². The molecule has 6 heteroatoms. The summed E-state index contributed by atoms with van der Waals surface area (Å²) in [6.45, 7) is 1.73. The molecule has 1 aliphatic heterocycles. The topological polar surface area (TPSA) is 67.9 Å². The largest absolute Gasteiger partial charge is 0.497 e. The number of methoxy groups -OCH3 is 2. The molecule has 1 fully saturated rings. The summed E-state index contributed by atoms with van der Waals surface area (Å²) in [6, 6.07) is 16.4. The van der Waals surface area contributed by atoms with Crippen LogP contribution in [0.1, 0.15) is 40.0 Å². The van der Waals surface area contributed by atoms with Crippen molar-refractivity contribution in [3.05, 3.63) is 65.7 Å². The summed E-state index contributed by atoms with van der Waals surface area (Å²) in [6.07, 6.45) is 2.10. The molecule has 0 unspecified atom stereocenters. The van der Waals surface area contributed by atoms with Crippen molar-refractivity contribution in [3.8, 4) is 5.75 Å². The molecule has 1 N–H and O–H groups in total. The lowest BCUT2D eigenvalue weighted by molar-refractivity contribution is 0.0559. The fraction of sp³-hybridized carbons (Fsp3) is 0.391. The average molecular weight is 396 g/mol. The van der Waals surface area contributed by atoms with Gasteiger partial charge in [0.2, 0.25) is 0 Å². The maximum atomic E-state index is 12.8. The Morgan fingerprint density at radius 3 is 2.21 bits per heavy atom. The fourth-order valence-electron chi connectivity index (χ4n) is 3.69. The van der Waals surface area contributed by atoms with Gasteiger partial charge in [-0.3, -0.25) is 9.59 Å². The summed E-state index contributed by atoms with van der Waals surface area (Å²) in [5.74, 6) is 0.640. The maximum absolute atomic E-state index is 12.8. The van der Waals surface area contributed by atoms with Gasteiger partial charge in [0.1, 0.15) is 5.75 Å². The fourth-order valence-corrected chi connectivity index (χ4v) is 3.69. The van der Waals surface area contributed by atoms with Gasteiger partial charge < -0.3 is 19.7 Å². The highest BCUT2D eigenvalue weighted by Gasteiger charge is 2.37. The number of likely N-dealkylation sites (tertiary alicyclic amines) is 1. The Balaban J connectivity index is 1.67. The second-order valence-corrected chi connectivity index (χ2v) is 7.36. The Labute approximate surface area is 171 Å². The van der Waals surface area contributed by atoms with E-state index in [-0.39, 0.29) is 17.4 Å². The molecule has 1 aliphatic rings. The van der Waals surface area contributed by atoms with Crippen LogP contribution in [0.25, 0.3) is 0 Å². The Kier molecular flexibility index (Phi) is 6.88. The van der Waals surface area contributed by atoms with Gasteiger partial charge in [0, 0.05) is 43.5 Å². The zero-order valence-corrected chi connectivity index (χ0v) is 17.0. The summed E-state index contributed by atoms with van der Waals surface area (Å²) in [5, 5.41) is 3.22. The van der Waals surface area contributed by atoms with Crippen molar-refractivity contribution in [1.29, 1.82) is 0 Å². The third-order valence-corrected chi connectivity index (χ3v) is 5.54. The number of nitrogens with one attached hydrogen (secondary N) is 1. The zero-order valence-electron chi connectivity index (χ0n) is 17.0. The number of carbonyl (C=O) groups excluding carboxylic acids is 2. The highest BCUT2D eigenvalue weighted by molar-refractivity contribution is 5.95. The van der Waals surface area contributed by atoms with Crippen LogP contribution in [0.2, 0.25) is 0 Å². The van der Waals surface area contributed by atoms with Gasteiger partial charge in [0.05, 0.1) is 7.11 Å². The normalized spacial score (nSPS) is 15.6. The molecule has 3 rings (SSSR count). The van der Waals surface area contributed by atoms with Gasteiger partial charge in [-0.25, -0.2) is 0 Å². The summed E-state index contributed by atoms with van der Waals surface area (Å²) in [4.78, 5) is 27.4. The molecule has 0 aliphatic carbocycles. The predicted molar refractivity (Wildman–Crippen MR) is 111 cm³/mol. The zero-order chi connectivity index (χ0) is 20.7. The number of piperidine rings is 1. The number of rotatable bonds is 7. The minimum absolute atomic E-state index is 0.00220. The van der Waals surface area contributed by atoms with E-state index in [1.54, 1.807) is 38.5 Å². The van der Waals surface area contributed by atoms with Crippen LogP contribution in [0.3, 0.4) is 0 Å². The van der Waals surface area contributed by atoms with Gasteiger partial charge >= 0.3 is 0 Å². The van der Waals surface area contributed by atoms with Crippen LogP contribution in [-0.4, -0.2) is 56.2 Å². The summed E-state index contributed by atoms with van der Waals surface area (Å²) >= 11 is 0. The van der Waals surface area contributed by atoms with E-state index in [9.17, 15) is 9.59 Å². The number of nitrogens with zero attached hydrogens (tertiary/aromatic N) is 1. The minimum atomic E-state index is -0.375. The molecule has 1 saturated heterocycles. The lowest BCUT2D eigenvalue weighted by Gasteiger charge is -2.42. The number of hydrogen-bond donors (Lipinski definition) is 1. The predicted octanol–water partition coefficient (Wildman–Crippen LogP) is 3.14. The van der Waals surface area contributed by atoms with E-state index < -0.39 is 0 Å². The first kappa shape index (κ1) is 20.9. The number of carbonyl (C=O) groups is 2. The lowest BCUT2D eigenvalue weighted by Crippen LogP contribution is -2.56. The summed E-state index contributed by atoms with van der Waals surface area (Å²) in [5.41, 5.74) is 0.907. The summed E-state index contributed by atoms with van der Waals surface area (Å²) in [7, 11) is 3.26. The molecular formula is C23H28N2O4. The third-order valence-electron chi connectivity index (χ3n) is 5.54. The van der Waals surface area contributed by atoms with Crippen LogP contribution in [0.4, 0.5) is 0 Å². The van der Waals surface area contributed by atoms with E-state index in [4.69, 9.17) is 9.47 Å². The molecule has 0 radical (unpaired) electrons. The van der Waals surface area contributed by atoms with Crippen molar-refractivity contribution < 1.29 is 19.1 Å². The van der Waals surface area contributed by atoms with E-state index in [1.165, 1.54) is 0 Å². The lowest BCUT2D eigenvalue weighted by atomic mass is 9.84. The average Bonchev–Trinajstić information content (AvgIpc) is 2.78. The minimum Gasteiger partial charge on any atom is -0.497 e. The number of hydrogen-bond acceptors (Lipinski definition) is 4. The Hall–Kier alpha value is -2.86. The van der Waals surface area contributed by atoms with Crippen LogP contribution in [0.5, 0.6) is 5.75 Å². The maximum Gasteiger partial charge on any atom is 0.253 e. The molecule has 154 valence electrons. The number of ether oxygens (including phenoxy) is 2. The van der Waals surface area contributed by atoms with E-state index in [0.717, 1.165) is 5.75 Å². The quantitative estimate of drug-likeness (QED) is 0.781. The van der Waals surface area contributed by atoms with Crippen molar-refractivity contribution in [3.63, 3.8) is 0 Å². The molecule has 6 nitrogen and oxygen atoms in total. The first-order chi connectivity index (χ1) is 14.1. The Bertz CT molecular complexity index is 813. The van der Waals surface area contributed by atoms with E-state index in [1.807, 2.05) is 35.2 Å². The van der Waals surface area contributed by atoms with Gasteiger partial charge in [0.15, 0.2) is 0 Å². The van der Waals surface area contributed by atoms with E-state index in [0.29, 0.717) is 50.1 Å². The molecule has 2 aromatic carbocycles. The van der Waals surface area contributed by atoms with Gasteiger partial charge in [0.25, 0.3) is 11.8 Å². The van der Waals surface area contributed by atoms with Crippen LogP contribution in [-0.2, 0) is 4.74 Å². The van der Waals surface area contributed by atoms with Gasteiger partial charge in [-0.1, -0.05) is 18.2 Å². The second kappa shape index (κ2) is 9.56. The van der Waals surface area contributed by atoms with Crippen LogP contribution < -0.4 is 10.1 Å². The van der Waals surface area contributed by atoms with Crippen molar-refractivity contribution in [1.82, 2.24) is 10.2 Å². The molecule has 2 aromatic rings. The molecule has 0 saturated carbocycles. The highest BCUT2D eigenvalue weighted by atomic mass is 16.5. The van der Waals surface area contributed by atoms with Crippen molar-refractivity contribution in [2.45, 2.75) is 24.8 Å². The second-order valence-electron chi connectivity index (χ2n) is 7.36. The molecule has 0 aromatic heterocycles. The highest BCUT2D eigenvalue weighted by Crippen LogP contribution is 2.28. The molecule has 0 bridgehead atoms. The molecule has 2 amide bonds. The van der Waals surface area contributed by atoms with Crippen molar-refractivity contribution in [2.75, 3.05) is 33.9 Å². The molecule has 0 spiro atoms. The van der Waals surface area contributed by atoms with Crippen LogP contribution >= 0.6 is 0 Å². The molecule has 1 heterocycles. The molecule has 29 heavy (non-hydrogen) atoms.